The molecular formula is CH5CoLiMnNiO3. The molecule has 0 rings (SSSR count). The molecule has 0 heterocycles. The quantitative estimate of drug-likeness (QED) is 0.521. The third-order valence-corrected chi connectivity index (χ3v) is 0. The van der Waals surface area contributed by atoms with Crippen molar-refractivity contribution in [3.05, 3.63) is 0 Å². The van der Waals surface area contributed by atoms with Crippen molar-refractivity contribution in [3.8, 4) is 0 Å². The molecule has 0 N–H and O–H groups in total. The topological polar surface area (TPSA) is 85.5 Å². The summed E-state index contributed by atoms with van der Waals surface area (Å²) in [5.41, 5.74) is 0. The Labute approximate surface area is 92.4 Å². The zero-order valence-electron chi connectivity index (χ0n) is 2.25. The Bertz CT molecular complexity index is 19.2. The predicted octanol–water partition coefficient (Wildman–Crippen LogP) is -0.376. The van der Waals surface area contributed by atoms with E-state index in [-0.39, 0.29) is 93.1 Å². The van der Waals surface area contributed by atoms with Crippen LogP contribution in [0.15, 0.2) is 0 Å². The first kappa shape index (κ1) is 203. The van der Waals surface area contributed by atoms with Crippen LogP contribution in [0, 0.1) is 0 Å². The van der Waals surface area contributed by atoms with E-state index in [1.165, 1.54) is 0 Å². The number of hydrogen-bond acceptors (Lipinski definition) is 0. The van der Waals surface area contributed by atoms with Gasteiger partial charge in [0.2, 0.25) is 0 Å². The normalized spacial score (nSPS) is 0. The zero-order chi connectivity index (χ0) is 0. The molecule has 2 radical (unpaired) electrons. The third kappa shape index (κ3) is 98.2. The van der Waals surface area contributed by atoms with Gasteiger partial charge in [0.15, 0.2) is 0 Å². The second-order valence-electron chi connectivity index (χ2n) is 0. The molecule has 0 amide bonds. The van der Waals surface area contributed by atoms with Crippen LogP contribution in [0.2, 0.25) is 0 Å². The van der Waals surface area contributed by atoms with Gasteiger partial charge in [0.25, 0.3) is 0 Å². The summed E-state index contributed by atoms with van der Waals surface area (Å²) in [6, 6.07) is 0. The van der Waals surface area contributed by atoms with Crippen molar-refractivity contribution in [2.75, 3.05) is 0 Å². The van der Waals surface area contributed by atoms with Crippen LogP contribution in [0.1, 0.15) is 7.43 Å². The first-order valence-corrected chi connectivity index (χ1v) is 0. The molecule has 7 heteroatoms. The molecule has 0 aromatic carbocycles. The fourth-order valence-electron chi connectivity index (χ4n) is 0. The smallest absolute Gasteiger partial charge is 2.00 e. The maximum Gasteiger partial charge on any atom is 2.00 e. The van der Waals surface area contributed by atoms with E-state index >= 15 is 0 Å². The maximum absolute atomic E-state index is 0. The Morgan fingerprint density at radius 3 is 0.750 bits per heavy atom. The van der Waals surface area contributed by atoms with E-state index in [0.29, 0.717) is 0 Å². The van der Waals surface area contributed by atoms with E-state index in [0.717, 1.165) is 0 Å². The minimum absolute atomic E-state index is 0. The summed E-state index contributed by atoms with van der Waals surface area (Å²) >= 11 is 0. The van der Waals surface area contributed by atoms with Crippen LogP contribution in [0.4, 0.5) is 0 Å². The van der Waals surface area contributed by atoms with Crippen molar-refractivity contribution in [2.45, 2.75) is 7.43 Å². The molecular weight excluding hydrogens is 240 g/mol. The maximum atomic E-state index is 0. The monoisotopic (exact) mass is 244 g/mol. The molecule has 0 aromatic rings. The fraction of sp³-hybridized carbons (Fsp3) is 1.00. The van der Waals surface area contributed by atoms with E-state index < -0.39 is 0 Å². The van der Waals surface area contributed by atoms with Gasteiger partial charge in [0, 0.05) is 0 Å². The Kier molecular flexibility index (Phi) is 3660. The minimum atomic E-state index is 0. The molecule has 0 unspecified atom stereocenters. The summed E-state index contributed by atoms with van der Waals surface area (Å²) in [4.78, 5) is 0. The Balaban J connectivity index is 0. The summed E-state index contributed by atoms with van der Waals surface area (Å²) in [5, 5.41) is 0. The van der Waals surface area contributed by atoms with Crippen LogP contribution in [0.3, 0.4) is 0 Å². The average molecular weight is 245 g/mol. The van der Waals surface area contributed by atoms with Gasteiger partial charge in [-0.1, -0.05) is 7.43 Å². The van der Waals surface area contributed by atoms with Crippen LogP contribution in [0.25, 0.3) is 0 Å². The van der Waals surface area contributed by atoms with Gasteiger partial charge in [0.1, 0.15) is 0 Å². The van der Waals surface area contributed by atoms with Crippen LogP contribution >= 0.6 is 0 Å². The van der Waals surface area contributed by atoms with Gasteiger partial charge in [-0.3, -0.25) is 0 Å². The fourth-order valence-corrected chi connectivity index (χ4v) is 0. The van der Waals surface area contributed by atoms with Gasteiger partial charge in [-0.2, -0.15) is 0 Å². The van der Waals surface area contributed by atoms with E-state index in [1.807, 2.05) is 0 Å². The van der Waals surface area contributed by atoms with E-state index in [9.17, 15) is 0 Å². The first-order valence-electron chi connectivity index (χ1n) is 0. The molecule has 54 valence electrons. The largest absolute Gasteiger partial charge is 2.00 e. The van der Waals surface area contributed by atoms with Crippen LogP contribution in [-0.2, 0) is 66.8 Å². The molecule has 0 bridgehead atoms. The predicted molar refractivity (Wildman–Crippen MR) is 15.9 cm³/mol. The van der Waals surface area contributed by atoms with Gasteiger partial charge in [-0.15, -0.1) is 0 Å². The molecule has 0 aromatic heterocycles. The molecule has 8 heavy (non-hydrogen) atoms. The van der Waals surface area contributed by atoms with Crippen LogP contribution in [-0.4, -0.2) is 18.9 Å². The summed E-state index contributed by atoms with van der Waals surface area (Å²) < 4.78 is 0. The van der Waals surface area contributed by atoms with Crippen molar-refractivity contribution in [1.29, 1.82) is 0 Å². The Morgan fingerprint density at radius 2 is 0.750 bits per heavy atom. The third-order valence-electron chi connectivity index (χ3n) is 0. The van der Waals surface area contributed by atoms with Crippen molar-refractivity contribution >= 4 is 18.9 Å². The molecule has 0 spiro atoms. The Morgan fingerprint density at radius 1 is 0.750 bits per heavy atom. The standard InChI is InChI=1S/CH4.Co.Li.Mn.Ni.3O.H/h1H4;;;;;;;;/q;+2;;2*+2;3*-2;. The average Bonchev–Trinajstić information content (AvgIpc) is 0. The SMILES string of the molecule is C.[Co+2].[LiH].[Mn+2].[Ni+2].[O-2].[O-2].[O-2]. The van der Waals surface area contributed by atoms with Gasteiger partial charge in [-0.25, -0.2) is 0 Å². The molecule has 0 aliphatic carbocycles. The second-order valence-corrected chi connectivity index (χ2v) is 0. The Hall–Kier alpha value is 2.00. The van der Waals surface area contributed by atoms with Crippen LogP contribution < -0.4 is 0 Å². The summed E-state index contributed by atoms with van der Waals surface area (Å²) in [7, 11) is 0. The molecule has 0 fully saturated rings. The van der Waals surface area contributed by atoms with E-state index in [2.05, 4.69) is 0 Å². The van der Waals surface area contributed by atoms with Crippen molar-refractivity contribution < 1.29 is 66.8 Å². The van der Waals surface area contributed by atoms with Gasteiger partial charge >= 0.3 is 69.2 Å². The zero-order valence-corrected chi connectivity index (χ0v) is 5.46. The van der Waals surface area contributed by atoms with Crippen molar-refractivity contribution in [3.63, 3.8) is 0 Å². The minimum Gasteiger partial charge on any atom is -2.00 e. The molecule has 0 atom stereocenters. The summed E-state index contributed by atoms with van der Waals surface area (Å²) in [6.45, 7) is 0. The molecule has 0 saturated carbocycles. The second kappa shape index (κ2) is 144. The van der Waals surface area contributed by atoms with E-state index in [4.69, 9.17) is 0 Å². The number of rotatable bonds is 0. The first-order chi connectivity index (χ1) is 0. The summed E-state index contributed by atoms with van der Waals surface area (Å²) in [5.74, 6) is 0. The van der Waals surface area contributed by atoms with Gasteiger partial charge in [-0.05, 0) is 0 Å². The molecule has 0 aliphatic rings. The summed E-state index contributed by atoms with van der Waals surface area (Å²) in [6.07, 6.45) is 0. The van der Waals surface area contributed by atoms with Gasteiger partial charge in [0.05, 0.1) is 0 Å². The van der Waals surface area contributed by atoms with Crippen molar-refractivity contribution in [2.24, 2.45) is 0 Å². The molecule has 0 saturated heterocycles. The van der Waals surface area contributed by atoms with Gasteiger partial charge < -0.3 is 16.4 Å². The molecule has 3 nitrogen and oxygen atoms in total. The van der Waals surface area contributed by atoms with E-state index in [1.54, 1.807) is 0 Å². The van der Waals surface area contributed by atoms with Crippen LogP contribution in [0.5, 0.6) is 0 Å². The van der Waals surface area contributed by atoms with Crippen molar-refractivity contribution in [1.82, 2.24) is 0 Å². The number of hydrogen-bond donors (Lipinski definition) is 0. The molecule has 0 aliphatic heterocycles.